The van der Waals surface area contributed by atoms with Gasteiger partial charge < -0.3 is 19.2 Å². The molecule has 1 aromatic heterocycles. The SMILES string of the molecule is CCCc1nnc(NCC2(OC)CCOCC2)o1. The molecule has 1 aliphatic rings. The predicted octanol–water partition coefficient (Wildman–Crippen LogP) is 1.63. The number of aromatic nitrogens is 2. The first-order valence-corrected chi connectivity index (χ1v) is 6.47. The molecule has 6 nitrogen and oxygen atoms in total. The minimum absolute atomic E-state index is 0.183. The molecule has 1 saturated heterocycles. The van der Waals surface area contributed by atoms with Crippen LogP contribution in [0.25, 0.3) is 0 Å². The summed E-state index contributed by atoms with van der Waals surface area (Å²) in [4.78, 5) is 0. The lowest BCUT2D eigenvalue weighted by Crippen LogP contribution is -2.44. The molecule has 1 aromatic rings. The fraction of sp³-hybridized carbons (Fsp3) is 0.833. The molecular formula is C12H21N3O3. The van der Waals surface area contributed by atoms with Crippen LogP contribution >= 0.6 is 0 Å². The van der Waals surface area contributed by atoms with E-state index in [1.54, 1.807) is 7.11 Å². The number of aryl methyl sites for hydroxylation is 1. The van der Waals surface area contributed by atoms with Crippen LogP contribution in [0.3, 0.4) is 0 Å². The van der Waals surface area contributed by atoms with Crippen molar-refractivity contribution in [3.8, 4) is 0 Å². The molecule has 0 amide bonds. The van der Waals surface area contributed by atoms with Gasteiger partial charge in [-0.05, 0) is 6.42 Å². The zero-order valence-electron chi connectivity index (χ0n) is 11.1. The van der Waals surface area contributed by atoms with E-state index >= 15 is 0 Å². The Hall–Kier alpha value is -1.14. The molecule has 0 spiro atoms. The van der Waals surface area contributed by atoms with Crippen LogP contribution < -0.4 is 5.32 Å². The lowest BCUT2D eigenvalue weighted by molar-refractivity contribution is -0.0809. The molecule has 6 heteroatoms. The third kappa shape index (κ3) is 3.20. The van der Waals surface area contributed by atoms with E-state index in [1.165, 1.54) is 0 Å². The third-order valence-electron chi connectivity index (χ3n) is 3.33. The van der Waals surface area contributed by atoms with Crippen molar-refractivity contribution >= 4 is 6.01 Å². The molecule has 0 aliphatic carbocycles. The summed E-state index contributed by atoms with van der Waals surface area (Å²) in [6, 6.07) is 0.473. The molecule has 0 radical (unpaired) electrons. The Labute approximate surface area is 107 Å². The lowest BCUT2D eigenvalue weighted by atomic mass is 9.94. The predicted molar refractivity (Wildman–Crippen MR) is 66.6 cm³/mol. The van der Waals surface area contributed by atoms with Crippen molar-refractivity contribution in [2.75, 3.05) is 32.2 Å². The van der Waals surface area contributed by atoms with Crippen LogP contribution in [0.2, 0.25) is 0 Å². The highest BCUT2D eigenvalue weighted by molar-refractivity contribution is 5.18. The van der Waals surface area contributed by atoms with E-state index in [1.807, 2.05) is 0 Å². The number of hydrogen-bond acceptors (Lipinski definition) is 6. The average Bonchev–Trinajstić information content (AvgIpc) is 2.86. The third-order valence-corrected chi connectivity index (χ3v) is 3.33. The van der Waals surface area contributed by atoms with Crippen molar-refractivity contribution < 1.29 is 13.9 Å². The highest BCUT2D eigenvalue weighted by atomic mass is 16.5. The minimum Gasteiger partial charge on any atom is -0.408 e. The minimum atomic E-state index is -0.183. The summed E-state index contributed by atoms with van der Waals surface area (Å²) in [6.45, 7) is 4.22. The maximum atomic E-state index is 5.62. The second-order valence-electron chi connectivity index (χ2n) is 4.60. The van der Waals surface area contributed by atoms with Gasteiger partial charge in [0.2, 0.25) is 5.89 Å². The monoisotopic (exact) mass is 255 g/mol. The molecule has 1 aliphatic heterocycles. The maximum absolute atomic E-state index is 5.62. The second kappa shape index (κ2) is 6.15. The molecular weight excluding hydrogens is 234 g/mol. The second-order valence-corrected chi connectivity index (χ2v) is 4.60. The van der Waals surface area contributed by atoms with Crippen LogP contribution in [0.4, 0.5) is 6.01 Å². The molecule has 0 saturated carbocycles. The Balaban J connectivity index is 1.88. The highest BCUT2D eigenvalue weighted by Crippen LogP contribution is 2.24. The Morgan fingerprint density at radius 2 is 2.11 bits per heavy atom. The quantitative estimate of drug-likeness (QED) is 0.833. The van der Waals surface area contributed by atoms with E-state index in [-0.39, 0.29) is 5.60 Å². The number of anilines is 1. The number of rotatable bonds is 6. The Bertz CT molecular complexity index is 361. The van der Waals surface area contributed by atoms with Gasteiger partial charge in [0, 0.05) is 46.1 Å². The van der Waals surface area contributed by atoms with E-state index in [4.69, 9.17) is 13.9 Å². The maximum Gasteiger partial charge on any atom is 0.315 e. The zero-order chi connectivity index (χ0) is 12.8. The molecule has 0 bridgehead atoms. The van der Waals surface area contributed by atoms with Crippen molar-refractivity contribution in [3.63, 3.8) is 0 Å². The van der Waals surface area contributed by atoms with Crippen LogP contribution in [0.1, 0.15) is 32.1 Å². The van der Waals surface area contributed by atoms with E-state index in [2.05, 4.69) is 22.4 Å². The molecule has 1 fully saturated rings. The van der Waals surface area contributed by atoms with Gasteiger partial charge >= 0.3 is 6.01 Å². The number of ether oxygens (including phenoxy) is 2. The molecule has 2 rings (SSSR count). The first-order chi connectivity index (χ1) is 8.78. The summed E-state index contributed by atoms with van der Waals surface area (Å²) in [6.07, 6.45) is 3.58. The summed E-state index contributed by atoms with van der Waals surface area (Å²) in [5, 5.41) is 11.1. The molecule has 1 N–H and O–H groups in total. The molecule has 0 atom stereocenters. The summed E-state index contributed by atoms with van der Waals surface area (Å²) in [7, 11) is 1.74. The average molecular weight is 255 g/mol. The number of nitrogens with zero attached hydrogens (tertiary/aromatic N) is 2. The van der Waals surface area contributed by atoms with Gasteiger partial charge in [-0.3, -0.25) is 0 Å². The molecule has 0 unspecified atom stereocenters. The molecule has 18 heavy (non-hydrogen) atoms. The molecule has 102 valence electrons. The molecule has 2 heterocycles. The van der Waals surface area contributed by atoms with Crippen LogP contribution in [0.15, 0.2) is 4.42 Å². The number of hydrogen-bond donors (Lipinski definition) is 1. The summed E-state index contributed by atoms with van der Waals surface area (Å²) >= 11 is 0. The van der Waals surface area contributed by atoms with Crippen molar-refractivity contribution in [1.82, 2.24) is 10.2 Å². The number of nitrogens with one attached hydrogen (secondary N) is 1. The van der Waals surface area contributed by atoms with Gasteiger partial charge in [-0.2, -0.15) is 0 Å². The summed E-state index contributed by atoms with van der Waals surface area (Å²) < 4.78 is 16.5. The van der Waals surface area contributed by atoms with Gasteiger partial charge in [-0.25, -0.2) is 0 Å². The molecule has 0 aromatic carbocycles. The first-order valence-electron chi connectivity index (χ1n) is 6.47. The van der Waals surface area contributed by atoms with E-state index in [0.29, 0.717) is 18.5 Å². The van der Waals surface area contributed by atoms with Crippen molar-refractivity contribution in [1.29, 1.82) is 0 Å². The van der Waals surface area contributed by atoms with Crippen LogP contribution in [0.5, 0.6) is 0 Å². The lowest BCUT2D eigenvalue weighted by Gasteiger charge is -2.35. The van der Waals surface area contributed by atoms with E-state index in [0.717, 1.165) is 38.9 Å². The topological polar surface area (TPSA) is 69.4 Å². The van der Waals surface area contributed by atoms with Gasteiger partial charge in [0.05, 0.1) is 5.60 Å². The smallest absolute Gasteiger partial charge is 0.315 e. The highest BCUT2D eigenvalue weighted by Gasteiger charge is 2.32. The van der Waals surface area contributed by atoms with Gasteiger partial charge in [0.25, 0.3) is 0 Å². The first kappa shape index (κ1) is 13.3. The van der Waals surface area contributed by atoms with Gasteiger partial charge in [-0.15, -0.1) is 5.10 Å². The van der Waals surface area contributed by atoms with Crippen molar-refractivity contribution in [2.24, 2.45) is 0 Å². The van der Waals surface area contributed by atoms with Crippen LogP contribution in [0, 0.1) is 0 Å². The fourth-order valence-corrected chi connectivity index (χ4v) is 2.07. The van der Waals surface area contributed by atoms with Crippen molar-refractivity contribution in [3.05, 3.63) is 5.89 Å². The Morgan fingerprint density at radius 1 is 1.33 bits per heavy atom. The normalized spacial score (nSPS) is 18.8. The van der Waals surface area contributed by atoms with Gasteiger partial charge in [0.15, 0.2) is 0 Å². The standard InChI is InChI=1S/C12H21N3O3/c1-3-4-10-14-15-11(18-10)13-9-12(16-2)5-7-17-8-6-12/h3-9H2,1-2H3,(H,13,15). The van der Waals surface area contributed by atoms with E-state index in [9.17, 15) is 0 Å². The largest absolute Gasteiger partial charge is 0.408 e. The summed E-state index contributed by atoms with van der Waals surface area (Å²) in [5.41, 5.74) is -0.183. The van der Waals surface area contributed by atoms with Crippen molar-refractivity contribution in [2.45, 2.75) is 38.2 Å². The van der Waals surface area contributed by atoms with Crippen LogP contribution in [-0.4, -0.2) is 42.7 Å². The van der Waals surface area contributed by atoms with Gasteiger partial charge in [0.1, 0.15) is 0 Å². The summed E-state index contributed by atoms with van der Waals surface area (Å²) in [5.74, 6) is 0.679. The van der Waals surface area contributed by atoms with Gasteiger partial charge in [-0.1, -0.05) is 12.0 Å². The Morgan fingerprint density at radius 3 is 2.78 bits per heavy atom. The zero-order valence-corrected chi connectivity index (χ0v) is 11.1. The number of methoxy groups -OCH3 is 1. The fourth-order valence-electron chi connectivity index (χ4n) is 2.07. The Kier molecular flexibility index (Phi) is 4.54. The van der Waals surface area contributed by atoms with Crippen LogP contribution in [-0.2, 0) is 15.9 Å². The van der Waals surface area contributed by atoms with E-state index < -0.39 is 0 Å².